The number of nitrogen functional groups attached to an aromatic ring is 1. The molecule has 4 nitrogen and oxygen atoms in total. The van der Waals surface area contributed by atoms with Gasteiger partial charge in [0.25, 0.3) is 5.91 Å². The largest absolute Gasteiger partial charge is 0.383 e. The zero-order valence-electron chi connectivity index (χ0n) is 9.82. The summed E-state index contributed by atoms with van der Waals surface area (Å²) in [6.45, 7) is 3.79. The molecule has 2 N–H and O–H groups in total. The van der Waals surface area contributed by atoms with Gasteiger partial charge < -0.3 is 10.6 Å². The first kappa shape index (κ1) is 12.4. The van der Waals surface area contributed by atoms with Crippen LogP contribution in [0, 0.1) is 5.92 Å². The number of nitrogens with two attached hydrogens (primary N) is 1. The average molecular weight is 298 g/mol. The van der Waals surface area contributed by atoms with Crippen LogP contribution >= 0.6 is 15.9 Å². The lowest BCUT2D eigenvalue weighted by Crippen LogP contribution is -2.39. The van der Waals surface area contributed by atoms with E-state index in [0.29, 0.717) is 17.3 Å². The number of halogens is 1. The fraction of sp³-hybridized carbons (Fsp3) is 0.500. The lowest BCUT2D eigenvalue weighted by atomic mass is 9.99. The van der Waals surface area contributed by atoms with Crippen molar-refractivity contribution in [3.8, 4) is 0 Å². The highest BCUT2D eigenvalue weighted by atomic mass is 79.9. The Morgan fingerprint density at radius 3 is 3.12 bits per heavy atom. The highest BCUT2D eigenvalue weighted by Gasteiger charge is 2.23. The van der Waals surface area contributed by atoms with Crippen molar-refractivity contribution in [2.45, 2.75) is 19.8 Å². The predicted octanol–water partition coefficient (Wildman–Crippen LogP) is 2.30. The summed E-state index contributed by atoms with van der Waals surface area (Å²) < 4.78 is 0.778. The number of aromatic nitrogens is 1. The number of carbonyl (C=O) groups excluding carboxylic acids is 1. The molecule has 5 heteroatoms. The summed E-state index contributed by atoms with van der Waals surface area (Å²) in [6.07, 6.45) is 3.86. The number of rotatable bonds is 1. The molecular formula is C12H16BrN3O. The molecule has 2 rings (SSSR count). The molecule has 92 valence electrons. The van der Waals surface area contributed by atoms with Gasteiger partial charge in [0, 0.05) is 23.8 Å². The monoisotopic (exact) mass is 297 g/mol. The summed E-state index contributed by atoms with van der Waals surface area (Å²) in [5, 5.41) is 0. The Bertz CT molecular complexity index is 436. The minimum atomic E-state index is -0.0112. The number of pyridine rings is 1. The number of piperidine rings is 1. The number of anilines is 1. The van der Waals surface area contributed by atoms with Crippen molar-refractivity contribution in [1.29, 1.82) is 0 Å². The molecule has 0 bridgehead atoms. The zero-order valence-corrected chi connectivity index (χ0v) is 11.4. The fourth-order valence-corrected chi connectivity index (χ4v) is 2.50. The van der Waals surface area contributed by atoms with Gasteiger partial charge in [-0.15, -0.1) is 0 Å². The molecule has 0 aromatic carbocycles. The van der Waals surface area contributed by atoms with Crippen molar-refractivity contribution in [2.24, 2.45) is 5.92 Å². The Kier molecular flexibility index (Phi) is 3.66. The molecule has 17 heavy (non-hydrogen) atoms. The van der Waals surface area contributed by atoms with E-state index in [1.807, 2.05) is 4.90 Å². The van der Waals surface area contributed by atoms with Gasteiger partial charge in [-0.25, -0.2) is 4.98 Å². The van der Waals surface area contributed by atoms with Crippen LogP contribution in [0.4, 0.5) is 5.82 Å². The third-order valence-electron chi connectivity index (χ3n) is 3.06. The van der Waals surface area contributed by atoms with Crippen molar-refractivity contribution in [3.63, 3.8) is 0 Å². The quantitative estimate of drug-likeness (QED) is 0.865. The molecule has 1 unspecified atom stereocenters. The molecule has 0 radical (unpaired) electrons. The number of nitrogens with zero attached hydrogens (tertiary/aromatic N) is 2. The van der Waals surface area contributed by atoms with Gasteiger partial charge in [-0.3, -0.25) is 4.79 Å². The lowest BCUT2D eigenvalue weighted by molar-refractivity contribution is 0.0683. The van der Waals surface area contributed by atoms with Crippen molar-refractivity contribution in [2.75, 3.05) is 18.8 Å². The minimum Gasteiger partial charge on any atom is -0.383 e. The van der Waals surface area contributed by atoms with Crippen molar-refractivity contribution >= 4 is 27.7 Å². The van der Waals surface area contributed by atoms with Crippen LogP contribution in [-0.4, -0.2) is 28.9 Å². The minimum absolute atomic E-state index is 0.0112. The predicted molar refractivity (Wildman–Crippen MR) is 70.7 cm³/mol. The number of hydrogen-bond acceptors (Lipinski definition) is 3. The van der Waals surface area contributed by atoms with Crippen LogP contribution < -0.4 is 5.73 Å². The van der Waals surface area contributed by atoms with E-state index in [1.165, 1.54) is 6.42 Å². The standard InChI is InChI=1S/C12H16BrN3O/c1-8-3-2-4-16(7-8)12(17)10-5-9(13)6-15-11(10)14/h5-6,8H,2-4,7H2,1H3,(H2,14,15). The third-order valence-corrected chi connectivity index (χ3v) is 3.49. The molecule has 0 spiro atoms. The fourth-order valence-electron chi connectivity index (χ4n) is 2.17. The van der Waals surface area contributed by atoms with E-state index in [2.05, 4.69) is 27.8 Å². The van der Waals surface area contributed by atoms with Gasteiger partial charge in [0.15, 0.2) is 0 Å². The second kappa shape index (κ2) is 5.04. The van der Waals surface area contributed by atoms with Gasteiger partial charge in [-0.05, 0) is 40.8 Å². The Balaban J connectivity index is 2.21. The summed E-state index contributed by atoms with van der Waals surface area (Å²) >= 11 is 3.31. The SMILES string of the molecule is CC1CCCN(C(=O)c2cc(Br)cnc2N)C1. The van der Waals surface area contributed by atoms with Gasteiger partial charge in [0.2, 0.25) is 0 Å². The number of amides is 1. The van der Waals surface area contributed by atoms with Crippen LogP contribution in [-0.2, 0) is 0 Å². The van der Waals surface area contributed by atoms with E-state index in [9.17, 15) is 4.79 Å². The number of hydrogen-bond donors (Lipinski definition) is 1. The van der Waals surface area contributed by atoms with Crippen LogP contribution in [0.2, 0.25) is 0 Å². The maximum Gasteiger partial charge on any atom is 0.257 e. The van der Waals surface area contributed by atoms with E-state index < -0.39 is 0 Å². The molecule has 1 aliphatic heterocycles. The first-order valence-electron chi connectivity index (χ1n) is 5.78. The topological polar surface area (TPSA) is 59.2 Å². The maximum atomic E-state index is 12.3. The lowest BCUT2D eigenvalue weighted by Gasteiger charge is -2.31. The highest BCUT2D eigenvalue weighted by Crippen LogP contribution is 2.21. The van der Waals surface area contributed by atoms with Crippen LogP contribution in [0.1, 0.15) is 30.1 Å². The molecular weight excluding hydrogens is 282 g/mol. The number of likely N-dealkylation sites (tertiary alicyclic amines) is 1. The summed E-state index contributed by atoms with van der Waals surface area (Å²) in [5.74, 6) is 0.855. The van der Waals surface area contributed by atoms with Crippen LogP contribution in [0.5, 0.6) is 0 Å². The van der Waals surface area contributed by atoms with Crippen LogP contribution in [0.3, 0.4) is 0 Å². The van der Waals surface area contributed by atoms with Gasteiger partial charge in [0.05, 0.1) is 5.56 Å². The van der Waals surface area contributed by atoms with E-state index in [0.717, 1.165) is 24.0 Å². The molecule has 1 amide bonds. The Hall–Kier alpha value is -1.10. The molecule has 0 saturated carbocycles. The first-order valence-corrected chi connectivity index (χ1v) is 6.57. The van der Waals surface area contributed by atoms with Crippen molar-refractivity contribution < 1.29 is 4.79 Å². The summed E-state index contributed by atoms with van der Waals surface area (Å²) in [4.78, 5) is 18.2. The average Bonchev–Trinajstić information content (AvgIpc) is 2.31. The van der Waals surface area contributed by atoms with Crippen LogP contribution in [0.25, 0.3) is 0 Å². The maximum absolute atomic E-state index is 12.3. The van der Waals surface area contributed by atoms with Crippen LogP contribution in [0.15, 0.2) is 16.7 Å². The van der Waals surface area contributed by atoms with Gasteiger partial charge in [0.1, 0.15) is 5.82 Å². The first-order chi connectivity index (χ1) is 8.08. The summed E-state index contributed by atoms with van der Waals surface area (Å²) in [6, 6.07) is 1.74. The van der Waals surface area contributed by atoms with Gasteiger partial charge >= 0.3 is 0 Å². The molecule has 1 aliphatic rings. The molecule has 1 aromatic rings. The zero-order chi connectivity index (χ0) is 12.4. The van der Waals surface area contributed by atoms with E-state index in [-0.39, 0.29) is 5.91 Å². The Morgan fingerprint density at radius 1 is 1.65 bits per heavy atom. The third kappa shape index (κ3) is 2.77. The number of carbonyl (C=O) groups is 1. The highest BCUT2D eigenvalue weighted by molar-refractivity contribution is 9.10. The second-order valence-electron chi connectivity index (χ2n) is 4.58. The molecule has 1 aromatic heterocycles. The Morgan fingerprint density at radius 2 is 2.41 bits per heavy atom. The van der Waals surface area contributed by atoms with E-state index in [1.54, 1.807) is 12.3 Å². The summed E-state index contributed by atoms with van der Waals surface area (Å²) in [7, 11) is 0. The molecule has 1 fully saturated rings. The van der Waals surface area contributed by atoms with E-state index in [4.69, 9.17) is 5.73 Å². The normalized spacial score (nSPS) is 20.4. The molecule has 2 heterocycles. The van der Waals surface area contributed by atoms with E-state index >= 15 is 0 Å². The molecule has 1 atom stereocenters. The summed E-state index contributed by atoms with van der Waals surface area (Å²) in [5.41, 5.74) is 6.25. The smallest absolute Gasteiger partial charge is 0.257 e. The van der Waals surface area contributed by atoms with Gasteiger partial charge in [-0.1, -0.05) is 6.92 Å². The van der Waals surface area contributed by atoms with Gasteiger partial charge in [-0.2, -0.15) is 0 Å². The molecule has 0 aliphatic carbocycles. The molecule has 1 saturated heterocycles. The second-order valence-corrected chi connectivity index (χ2v) is 5.50. The van der Waals surface area contributed by atoms with Crippen molar-refractivity contribution in [3.05, 3.63) is 22.3 Å². The Labute approximate surface area is 109 Å². The van der Waals surface area contributed by atoms with Crippen molar-refractivity contribution in [1.82, 2.24) is 9.88 Å².